The van der Waals surface area contributed by atoms with Crippen LogP contribution < -0.4 is 0 Å². The molecule has 2 fully saturated rings. The van der Waals surface area contributed by atoms with E-state index in [4.69, 9.17) is 0 Å². The minimum absolute atomic E-state index is 0.166. The lowest BCUT2D eigenvalue weighted by atomic mass is 10.1. The normalized spacial score (nSPS) is 22.7. The molecule has 3 rings (SSSR count). The van der Waals surface area contributed by atoms with Crippen molar-refractivity contribution in [3.8, 4) is 0 Å². The highest BCUT2D eigenvalue weighted by Gasteiger charge is 2.34. The number of rotatable bonds is 3. The first kappa shape index (κ1) is 15.7. The van der Waals surface area contributed by atoms with Gasteiger partial charge in [0.15, 0.2) is 0 Å². The molecule has 2 aliphatic rings. The third-order valence-electron chi connectivity index (χ3n) is 4.06. The Morgan fingerprint density at radius 1 is 1.09 bits per heavy atom. The second kappa shape index (κ2) is 6.96. The van der Waals surface area contributed by atoms with E-state index in [0.717, 1.165) is 6.42 Å². The van der Waals surface area contributed by atoms with Gasteiger partial charge in [-0.15, -0.1) is 23.5 Å². The second-order valence-electron chi connectivity index (χ2n) is 5.54. The molecule has 2 saturated heterocycles. The van der Waals surface area contributed by atoms with Crippen LogP contribution in [-0.2, 0) is 4.79 Å². The topological polar surface area (TPSA) is 57.6 Å². The summed E-state index contributed by atoms with van der Waals surface area (Å²) in [5, 5.41) is 9.19. The van der Waals surface area contributed by atoms with Gasteiger partial charge in [-0.05, 0) is 48.5 Å². The Bertz CT molecular complexity index is 555. The molecule has 1 aromatic rings. The van der Waals surface area contributed by atoms with Gasteiger partial charge in [-0.3, -0.25) is 4.79 Å². The Labute approximate surface area is 138 Å². The van der Waals surface area contributed by atoms with Gasteiger partial charge < -0.3 is 10.0 Å². The summed E-state index contributed by atoms with van der Waals surface area (Å²) in [6.45, 7) is 0.534. The van der Waals surface area contributed by atoms with Gasteiger partial charge in [0, 0.05) is 12.1 Å². The van der Waals surface area contributed by atoms with Gasteiger partial charge in [0.25, 0.3) is 5.91 Å². The van der Waals surface area contributed by atoms with Crippen molar-refractivity contribution in [3.63, 3.8) is 0 Å². The highest BCUT2D eigenvalue weighted by Crippen LogP contribution is 2.43. The van der Waals surface area contributed by atoms with Gasteiger partial charge in [0.2, 0.25) is 0 Å². The molecule has 0 saturated carbocycles. The largest absolute Gasteiger partial charge is 0.480 e. The summed E-state index contributed by atoms with van der Waals surface area (Å²) >= 11 is 3.90. The van der Waals surface area contributed by atoms with E-state index in [1.54, 1.807) is 0 Å². The second-order valence-corrected chi connectivity index (χ2v) is 8.27. The van der Waals surface area contributed by atoms with E-state index in [9.17, 15) is 14.7 Å². The van der Waals surface area contributed by atoms with Crippen LogP contribution in [0.4, 0.5) is 0 Å². The Morgan fingerprint density at radius 3 is 2.41 bits per heavy atom. The van der Waals surface area contributed by atoms with Crippen LogP contribution in [-0.4, -0.2) is 46.0 Å². The standard InChI is InChI=1S/C16H19NO3S2/c18-14(17-8-1-3-13(17)15(19)20)11-4-6-12(7-5-11)16-21-9-2-10-22-16/h4-7,13,16H,1-3,8-10H2,(H,19,20)/t13-/m0/s1. The Morgan fingerprint density at radius 2 is 1.77 bits per heavy atom. The maximum atomic E-state index is 12.5. The van der Waals surface area contributed by atoms with E-state index in [-0.39, 0.29) is 5.91 Å². The number of hydrogen-bond acceptors (Lipinski definition) is 4. The summed E-state index contributed by atoms with van der Waals surface area (Å²) in [4.78, 5) is 25.2. The lowest BCUT2D eigenvalue weighted by Gasteiger charge is -2.23. The van der Waals surface area contributed by atoms with E-state index in [0.29, 0.717) is 23.1 Å². The molecule has 118 valence electrons. The lowest BCUT2D eigenvalue weighted by Crippen LogP contribution is -2.40. The molecule has 0 spiro atoms. The van der Waals surface area contributed by atoms with Crippen molar-refractivity contribution in [3.05, 3.63) is 35.4 Å². The fourth-order valence-corrected chi connectivity index (χ4v) is 5.79. The van der Waals surface area contributed by atoms with Crippen molar-refractivity contribution in [2.45, 2.75) is 29.9 Å². The first-order chi connectivity index (χ1) is 10.7. The number of nitrogens with zero attached hydrogens (tertiary/aromatic N) is 1. The molecule has 0 bridgehead atoms. The number of carbonyl (C=O) groups excluding carboxylic acids is 1. The van der Waals surface area contributed by atoms with E-state index in [1.165, 1.54) is 28.4 Å². The highest BCUT2D eigenvalue weighted by atomic mass is 32.2. The molecule has 0 unspecified atom stereocenters. The predicted molar refractivity (Wildman–Crippen MR) is 90.4 cm³/mol. The molecule has 2 aliphatic heterocycles. The number of hydrogen-bond donors (Lipinski definition) is 1. The van der Waals surface area contributed by atoms with Crippen LogP contribution in [0.3, 0.4) is 0 Å². The number of carboxylic acids is 1. The van der Waals surface area contributed by atoms with Crippen LogP contribution in [0.25, 0.3) is 0 Å². The lowest BCUT2D eigenvalue weighted by molar-refractivity contribution is -0.141. The molecule has 2 heterocycles. The third-order valence-corrected chi connectivity index (χ3v) is 7.07. The summed E-state index contributed by atoms with van der Waals surface area (Å²) in [5.74, 6) is 1.30. The van der Waals surface area contributed by atoms with Crippen LogP contribution in [0, 0.1) is 0 Å². The molecular formula is C16H19NO3S2. The zero-order valence-electron chi connectivity index (χ0n) is 12.2. The number of aliphatic carboxylic acids is 1. The van der Waals surface area contributed by atoms with Crippen LogP contribution in [0.2, 0.25) is 0 Å². The summed E-state index contributed by atoms with van der Waals surface area (Å²) < 4.78 is 0.455. The SMILES string of the molecule is O=C(O)[C@@H]1CCCN1C(=O)c1ccc(C2SCCCS2)cc1. The van der Waals surface area contributed by atoms with E-state index < -0.39 is 12.0 Å². The molecule has 1 aromatic carbocycles. The smallest absolute Gasteiger partial charge is 0.326 e. The molecule has 4 nitrogen and oxygen atoms in total. The van der Waals surface area contributed by atoms with E-state index in [2.05, 4.69) is 0 Å². The van der Waals surface area contributed by atoms with E-state index >= 15 is 0 Å². The van der Waals surface area contributed by atoms with Crippen LogP contribution in [0.1, 0.15) is 39.8 Å². The zero-order chi connectivity index (χ0) is 15.5. The number of benzene rings is 1. The van der Waals surface area contributed by atoms with Gasteiger partial charge in [0.05, 0.1) is 4.58 Å². The maximum absolute atomic E-state index is 12.5. The number of likely N-dealkylation sites (tertiary alicyclic amines) is 1. The van der Waals surface area contributed by atoms with Gasteiger partial charge >= 0.3 is 5.97 Å². The molecule has 1 amide bonds. The minimum atomic E-state index is -0.905. The number of thioether (sulfide) groups is 2. The molecule has 0 aromatic heterocycles. The number of carboxylic acid groups (broad SMARTS) is 1. The first-order valence-corrected chi connectivity index (χ1v) is 9.63. The summed E-state index contributed by atoms with van der Waals surface area (Å²) in [6.07, 6.45) is 2.57. The van der Waals surface area contributed by atoms with Gasteiger partial charge in [-0.2, -0.15) is 0 Å². The average Bonchev–Trinajstić information content (AvgIpc) is 3.05. The summed E-state index contributed by atoms with van der Waals surface area (Å²) in [7, 11) is 0. The summed E-state index contributed by atoms with van der Waals surface area (Å²) in [5.41, 5.74) is 1.82. The Balaban J connectivity index is 1.72. The number of carbonyl (C=O) groups is 2. The first-order valence-electron chi connectivity index (χ1n) is 7.54. The van der Waals surface area contributed by atoms with Crippen molar-refractivity contribution < 1.29 is 14.7 Å². The minimum Gasteiger partial charge on any atom is -0.480 e. The van der Waals surface area contributed by atoms with Gasteiger partial charge in [-0.1, -0.05) is 12.1 Å². The van der Waals surface area contributed by atoms with Crippen LogP contribution in [0.5, 0.6) is 0 Å². The summed E-state index contributed by atoms with van der Waals surface area (Å²) in [6, 6.07) is 7.02. The zero-order valence-corrected chi connectivity index (χ0v) is 13.9. The maximum Gasteiger partial charge on any atom is 0.326 e. The predicted octanol–water partition coefficient (Wildman–Crippen LogP) is 3.24. The molecule has 1 atom stereocenters. The van der Waals surface area contributed by atoms with Crippen LogP contribution in [0.15, 0.2) is 24.3 Å². The van der Waals surface area contributed by atoms with Crippen molar-refractivity contribution in [1.82, 2.24) is 4.90 Å². The fraction of sp³-hybridized carbons (Fsp3) is 0.500. The third kappa shape index (κ3) is 3.27. The molecule has 0 radical (unpaired) electrons. The van der Waals surface area contributed by atoms with Crippen molar-refractivity contribution in [2.24, 2.45) is 0 Å². The monoisotopic (exact) mass is 337 g/mol. The Hall–Kier alpha value is -1.14. The molecule has 0 aliphatic carbocycles. The molecule has 22 heavy (non-hydrogen) atoms. The molecular weight excluding hydrogens is 318 g/mol. The highest BCUT2D eigenvalue weighted by molar-refractivity contribution is 8.16. The average molecular weight is 337 g/mol. The van der Waals surface area contributed by atoms with Crippen molar-refractivity contribution in [2.75, 3.05) is 18.1 Å². The molecule has 1 N–H and O–H groups in total. The van der Waals surface area contributed by atoms with Gasteiger partial charge in [-0.25, -0.2) is 4.79 Å². The van der Waals surface area contributed by atoms with Gasteiger partial charge in [0.1, 0.15) is 6.04 Å². The van der Waals surface area contributed by atoms with Crippen molar-refractivity contribution >= 4 is 35.4 Å². The Kier molecular flexibility index (Phi) is 4.98. The fourth-order valence-electron chi connectivity index (χ4n) is 2.90. The number of amides is 1. The van der Waals surface area contributed by atoms with E-state index in [1.807, 2.05) is 47.8 Å². The van der Waals surface area contributed by atoms with Crippen molar-refractivity contribution in [1.29, 1.82) is 0 Å². The molecule has 6 heteroatoms. The van der Waals surface area contributed by atoms with Crippen LogP contribution >= 0.6 is 23.5 Å². The quantitative estimate of drug-likeness (QED) is 0.917.